The van der Waals surface area contributed by atoms with Crippen LogP contribution in [0, 0.1) is 0 Å². The van der Waals surface area contributed by atoms with Crippen LogP contribution in [0.3, 0.4) is 0 Å². The van der Waals surface area contributed by atoms with Gasteiger partial charge in [-0.2, -0.15) is 0 Å². The van der Waals surface area contributed by atoms with Gasteiger partial charge in [-0.15, -0.1) is 0 Å². The summed E-state index contributed by atoms with van der Waals surface area (Å²) in [6, 6.07) is 0. The zero-order valence-corrected chi connectivity index (χ0v) is 7.85. The van der Waals surface area contributed by atoms with Crippen LogP contribution in [-0.4, -0.2) is 17.5 Å². The molecule has 0 bridgehead atoms. The second kappa shape index (κ2) is 3.56. The maximum absolute atomic E-state index is 5.44. The van der Waals surface area contributed by atoms with Gasteiger partial charge in [0.05, 0.1) is 0 Å². The Morgan fingerprint density at radius 3 is 1.80 bits per heavy atom. The van der Waals surface area contributed by atoms with Crippen molar-refractivity contribution in [1.29, 1.82) is 0 Å². The van der Waals surface area contributed by atoms with Gasteiger partial charge in [0, 0.05) is 0 Å². The molecule has 0 saturated carbocycles. The van der Waals surface area contributed by atoms with E-state index in [1.54, 1.807) is 0 Å². The summed E-state index contributed by atoms with van der Waals surface area (Å²) in [5, 5.41) is 0. The van der Waals surface area contributed by atoms with Crippen LogP contribution < -0.4 is 0 Å². The Hall–Kier alpha value is 1.38. The van der Waals surface area contributed by atoms with Crippen molar-refractivity contribution in [1.82, 2.24) is 0 Å². The predicted octanol–water partition coefficient (Wildman–Crippen LogP) is 1.70. The Labute approximate surface area is 46.6 Å². The standard InChI is InChI=1S/C2H5.2ClH.Sn.H/c1-2;;;;/h1H2,2H3;2*1H;;/q;;;+2;/p-2. The van der Waals surface area contributed by atoms with E-state index in [-0.39, 0.29) is 0 Å². The molecule has 0 aliphatic heterocycles. The van der Waals surface area contributed by atoms with E-state index in [0.717, 1.165) is 4.44 Å². The molecule has 0 aromatic heterocycles. The molecule has 0 fully saturated rings. The van der Waals surface area contributed by atoms with Crippen molar-refractivity contribution in [3.05, 3.63) is 0 Å². The van der Waals surface area contributed by atoms with Gasteiger partial charge < -0.3 is 0 Å². The van der Waals surface area contributed by atoms with Gasteiger partial charge in [-0.1, -0.05) is 0 Å². The third-order valence-electron chi connectivity index (χ3n) is 0.309. The quantitative estimate of drug-likeness (QED) is 0.589. The van der Waals surface area contributed by atoms with Gasteiger partial charge in [0.15, 0.2) is 0 Å². The normalized spacial score (nSPS) is 9.60. The summed E-state index contributed by atoms with van der Waals surface area (Å²) in [5.41, 5.74) is 0. The van der Waals surface area contributed by atoms with E-state index in [1.807, 2.05) is 6.92 Å². The van der Waals surface area contributed by atoms with Gasteiger partial charge in [-0.25, -0.2) is 0 Å². The summed E-state index contributed by atoms with van der Waals surface area (Å²) >= 11 is -1.73. The molecule has 0 rings (SSSR count). The third kappa shape index (κ3) is 5.38. The molecule has 0 saturated heterocycles. The molecule has 0 aliphatic rings. The molecular formula is C2H6Cl2Sn. The van der Waals surface area contributed by atoms with Crippen molar-refractivity contribution in [2.24, 2.45) is 0 Å². The van der Waals surface area contributed by atoms with Crippen molar-refractivity contribution >= 4 is 35.3 Å². The van der Waals surface area contributed by atoms with E-state index in [9.17, 15) is 0 Å². The molecule has 32 valence electrons. The minimum absolute atomic E-state index is 1.05. The Morgan fingerprint density at radius 2 is 1.80 bits per heavy atom. The van der Waals surface area contributed by atoms with Crippen molar-refractivity contribution in [2.45, 2.75) is 11.4 Å². The molecule has 0 heterocycles. The summed E-state index contributed by atoms with van der Waals surface area (Å²) < 4.78 is 1.05. The van der Waals surface area contributed by atoms with Crippen LogP contribution in [0.25, 0.3) is 0 Å². The van der Waals surface area contributed by atoms with Crippen LogP contribution in [0.15, 0.2) is 0 Å². The van der Waals surface area contributed by atoms with E-state index < -0.39 is 17.5 Å². The molecule has 0 nitrogen and oxygen atoms in total. The Morgan fingerprint density at radius 1 is 1.60 bits per heavy atom. The summed E-state index contributed by atoms with van der Waals surface area (Å²) in [4.78, 5) is 0. The van der Waals surface area contributed by atoms with Gasteiger partial charge in [-0.05, 0) is 0 Å². The SMILES string of the molecule is C[CH2][SnH]([Cl])[Cl]. The average molecular weight is 220 g/mol. The van der Waals surface area contributed by atoms with Crippen molar-refractivity contribution in [3.63, 3.8) is 0 Å². The topological polar surface area (TPSA) is 0 Å². The van der Waals surface area contributed by atoms with Gasteiger partial charge in [0.2, 0.25) is 0 Å². The Balaban J connectivity index is 2.54. The van der Waals surface area contributed by atoms with E-state index in [0.29, 0.717) is 0 Å². The van der Waals surface area contributed by atoms with Crippen molar-refractivity contribution < 1.29 is 0 Å². The minimum atomic E-state index is -1.73. The molecule has 5 heavy (non-hydrogen) atoms. The van der Waals surface area contributed by atoms with Crippen LogP contribution >= 0.6 is 17.8 Å². The maximum atomic E-state index is 5.44. The van der Waals surface area contributed by atoms with Crippen LogP contribution in [0.1, 0.15) is 6.92 Å². The third-order valence-corrected chi connectivity index (χ3v) is 6.21. The molecule has 0 unspecified atom stereocenters. The van der Waals surface area contributed by atoms with Crippen LogP contribution in [0.4, 0.5) is 0 Å². The van der Waals surface area contributed by atoms with E-state index in [1.165, 1.54) is 0 Å². The molecule has 0 atom stereocenters. The zero-order valence-electron chi connectivity index (χ0n) is 3.04. The monoisotopic (exact) mass is 220 g/mol. The first kappa shape index (κ1) is 6.38. The summed E-state index contributed by atoms with van der Waals surface area (Å²) in [5.74, 6) is 0. The molecule has 0 aromatic carbocycles. The fourth-order valence-corrected chi connectivity index (χ4v) is 0. The van der Waals surface area contributed by atoms with E-state index >= 15 is 0 Å². The average Bonchev–Trinajstić information content (AvgIpc) is 1.38. The second-order valence-corrected chi connectivity index (χ2v) is 13.9. The number of rotatable bonds is 1. The van der Waals surface area contributed by atoms with Gasteiger partial charge in [-0.3, -0.25) is 0 Å². The van der Waals surface area contributed by atoms with Crippen LogP contribution in [0.5, 0.6) is 0 Å². The van der Waals surface area contributed by atoms with Gasteiger partial charge in [0.1, 0.15) is 0 Å². The van der Waals surface area contributed by atoms with Gasteiger partial charge in [0.25, 0.3) is 0 Å². The number of hydrogen-bond acceptors (Lipinski definition) is 0. The van der Waals surface area contributed by atoms with Crippen LogP contribution in [-0.2, 0) is 0 Å². The molecule has 0 N–H and O–H groups in total. The van der Waals surface area contributed by atoms with E-state index in [2.05, 4.69) is 0 Å². The second-order valence-electron chi connectivity index (χ2n) is 0.799. The molecule has 0 amide bonds. The first-order valence-electron chi connectivity index (χ1n) is 1.55. The molecular weight excluding hydrogens is 214 g/mol. The summed E-state index contributed by atoms with van der Waals surface area (Å²) in [6.07, 6.45) is 0. The molecule has 0 radical (unpaired) electrons. The van der Waals surface area contributed by atoms with Crippen molar-refractivity contribution in [3.8, 4) is 0 Å². The van der Waals surface area contributed by atoms with Crippen LogP contribution in [0.2, 0.25) is 4.44 Å². The Kier molecular flexibility index (Phi) is 4.55. The van der Waals surface area contributed by atoms with Crippen molar-refractivity contribution in [2.75, 3.05) is 0 Å². The summed E-state index contributed by atoms with van der Waals surface area (Å²) in [6.45, 7) is 2.03. The first-order valence-corrected chi connectivity index (χ1v) is 12.2. The molecule has 0 spiro atoms. The fourth-order valence-electron chi connectivity index (χ4n) is 0. The molecule has 0 aliphatic carbocycles. The Bertz CT molecular complexity index is 21.6. The van der Waals surface area contributed by atoms with Gasteiger partial charge >= 0.3 is 46.7 Å². The molecule has 3 heteroatoms. The first-order chi connectivity index (χ1) is 2.27. The fraction of sp³-hybridized carbons (Fsp3) is 1.00. The predicted molar refractivity (Wildman–Crippen MR) is 29.3 cm³/mol. The zero-order chi connectivity index (χ0) is 4.28. The number of halogens is 2. The number of hydrogen-bond donors (Lipinski definition) is 0. The molecule has 0 aromatic rings. The van der Waals surface area contributed by atoms with E-state index in [4.69, 9.17) is 17.8 Å². The summed E-state index contributed by atoms with van der Waals surface area (Å²) in [7, 11) is 10.9.